The summed E-state index contributed by atoms with van der Waals surface area (Å²) < 4.78 is 0. The molecule has 102 valence electrons. The van der Waals surface area contributed by atoms with Gasteiger partial charge in [-0.05, 0) is 61.7 Å². The monoisotopic (exact) mass is 257 g/mol. The fourth-order valence-electron chi connectivity index (χ4n) is 6.05. The van der Waals surface area contributed by atoms with E-state index >= 15 is 0 Å². The second-order valence-corrected chi connectivity index (χ2v) is 7.81. The molecule has 1 aliphatic heterocycles. The highest BCUT2D eigenvalue weighted by Crippen LogP contribution is 2.60. The number of rotatable bonds is 2. The van der Waals surface area contributed by atoms with Crippen LogP contribution in [0.2, 0.25) is 0 Å². The average Bonchev–Trinajstić information content (AvgIpc) is 2.86. The van der Waals surface area contributed by atoms with Gasteiger partial charge in [-0.1, -0.05) is 0 Å². The molecule has 1 aromatic heterocycles. The maximum absolute atomic E-state index is 4.85. The van der Waals surface area contributed by atoms with Gasteiger partial charge in [0.15, 0.2) is 0 Å². The number of aromatic amines is 1. The van der Waals surface area contributed by atoms with Gasteiger partial charge >= 0.3 is 0 Å². The summed E-state index contributed by atoms with van der Waals surface area (Å²) in [5.41, 5.74) is 3.24. The summed E-state index contributed by atoms with van der Waals surface area (Å²) in [6.07, 6.45) is 10.3. The van der Waals surface area contributed by atoms with Gasteiger partial charge in [0.05, 0.1) is 11.4 Å². The number of hydrogen-bond donors (Lipinski definition) is 2. The van der Waals surface area contributed by atoms with Crippen LogP contribution in [0.1, 0.15) is 55.7 Å². The maximum atomic E-state index is 4.85. The molecule has 0 unspecified atom stereocenters. The number of imidazole rings is 1. The molecular formula is C16H23N3. The van der Waals surface area contributed by atoms with E-state index in [0.29, 0.717) is 5.41 Å². The lowest BCUT2D eigenvalue weighted by Gasteiger charge is -2.56. The smallest absolute Gasteiger partial charge is 0.107 e. The summed E-state index contributed by atoms with van der Waals surface area (Å²) >= 11 is 0. The summed E-state index contributed by atoms with van der Waals surface area (Å²) in [5.74, 6) is 4.44. The molecule has 4 bridgehead atoms. The number of aromatic nitrogens is 2. The van der Waals surface area contributed by atoms with Crippen LogP contribution in [0.4, 0.5) is 0 Å². The summed E-state index contributed by atoms with van der Waals surface area (Å²) in [5, 5.41) is 3.36. The standard InChI is InChI=1S/C16H23N3/c1-10-2-12-3-11(1)5-16(4-10,6-12)7-15-18-13-8-17-9-14(13)19-15/h10-12,17H,1-9H2,(H,18,19). The van der Waals surface area contributed by atoms with Crippen molar-refractivity contribution in [3.05, 3.63) is 17.2 Å². The Morgan fingerprint density at radius 1 is 1.00 bits per heavy atom. The van der Waals surface area contributed by atoms with Crippen LogP contribution in [-0.4, -0.2) is 9.97 Å². The normalized spacial score (nSPS) is 42.8. The molecule has 5 aliphatic rings. The molecule has 0 radical (unpaired) electrons. The van der Waals surface area contributed by atoms with E-state index in [1.807, 2.05) is 0 Å². The summed E-state index contributed by atoms with van der Waals surface area (Å²) in [4.78, 5) is 8.44. The minimum Gasteiger partial charge on any atom is -0.345 e. The predicted octanol–water partition coefficient (Wildman–Crippen LogP) is 2.77. The average molecular weight is 257 g/mol. The molecule has 0 atom stereocenters. The molecule has 3 nitrogen and oxygen atoms in total. The highest BCUT2D eigenvalue weighted by atomic mass is 15.0. The van der Waals surface area contributed by atoms with Crippen LogP contribution in [0, 0.1) is 23.2 Å². The van der Waals surface area contributed by atoms with Crippen LogP contribution in [0.25, 0.3) is 0 Å². The van der Waals surface area contributed by atoms with Gasteiger partial charge in [0, 0.05) is 19.5 Å². The molecule has 2 N–H and O–H groups in total. The minimum absolute atomic E-state index is 0.619. The van der Waals surface area contributed by atoms with Gasteiger partial charge in [0.25, 0.3) is 0 Å². The quantitative estimate of drug-likeness (QED) is 0.855. The van der Waals surface area contributed by atoms with Gasteiger partial charge in [-0.3, -0.25) is 0 Å². The number of H-pyrrole nitrogens is 1. The van der Waals surface area contributed by atoms with Crippen LogP contribution >= 0.6 is 0 Å². The van der Waals surface area contributed by atoms with Crippen molar-refractivity contribution in [3.63, 3.8) is 0 Å². The van der Waals surface area contributed by atoms with Gasteiger partial charge in [-0.25, -0.2) is 4.98 Å². The van der Waals surface area contributed by atoms with E-state index < -0.39 is 0 Å². The molecule has 4 aliphatic carbocycles. The zero-order valence-corrected chi connectivity index (χ0v) is 11.5. The van der Waals surface area contributed by atoms with Crippen molar-refractivity contribution < 1.29 is 0 Å². The maximum Gasteiger partial charge on any atom is 0.107 e. The van der Waals surface area contributed by atoms with E-state index in [-0.39, 0.29) is 0 Å². The predicted molar refractivity (Wildman–Crippen MR) is 73.4 cm³/mol. The fraction of sp³-hybridized carbons (Fsp3) is 0.812. The zero-order chi connectivity index (χ0) is 12.4. The Hall–Kier alpha value is -0.830. The van der Waals surface area contributed by atoms with Crippen LogP contribution < -0.4 is 5.32 Å². The second kappa shape index (κ2) is 3.63. The van der Waals surface area contributed by atoms with Gasteiger partial charge in [0.1, 0.15) is 5.82 Å². The molecule has 2 heterocycles. The van der Waals surface area contributed by atoms with Crippen LogP contribution in [-0.2, 0) is 19.5 Å². The van der Waals surface area contributed by atoms with E-state index in [9.17, 15) is 0 Å². The first kappa shape index (κ1) is 10.9. The van der Waals surface area contributed by atoms with Gasteiger partial charge in [-0.2, -0.15) is 0 Å². The Morgan fingerprint density at radius 2 is 1.68 bits per heavy atom. The Kier molecular flexibility index (Phi) is 2.08. The Bertz CT molecular complexity index is 459. The fourth-order valence-corrected chi connectivity index (χ4v) is 6.05. The molecule has 19 heavy (non-hydrogen) atoms. The van der Waals surface area contributed by atoms with E-state index in [2.05, 4.69) is 10.3 Å². The van der Waals surface area contributed by atoms with E-state index in [1.165, 1.54) is 62.2 Å². The van der Waals surface area contributed by atoms with Crippen molar-refractivity contribution in [3.8, 4) is 0 Å². The number of fused-ring (bicyclic) bond motifs is 1. The van der Waals surface area contributed by atoms with Crippen LogP contribution in [0.5, 0.6) is 0 Å². The lowest BCUT2D eigenvalue weighted by molar-refractivity contribution is -0.0531. The van der Waals surface area contributed by atoms with Gasteiger partial charge in [0.2, 0.25) is 0 Å². The molecule has 4 saturated carbocycles. The SMILES string of the molecule is C1NCc2[nH]c(CC34CC5CC(CC(C5)C3)C4)nc21. The lowest BCUT2D eigenvalue weighted by Crippen LogP contribution is -2.47. The lowest BCUT2D eigenvalue weighted by atomic mass is 9.49. The molecule has 0 spiro atoms. The van der Waals surface area contributed by atoms with Crippen molar-refractivity contribution in [2.75, 3.05) is 0 Å². The van der Waals surface area contributed by atoms with E-state index in [0.717, 1.165) is 30.8 Å². The molecule has 0 amide bonds. The van der Waals surface area contributed by atoms with Crippen LogP contribution in [0.3, 0.4) is 0 Å². The number of nitrogens with one attached hydrogen (secondary N) is 2. The molecule has 0 saturated heterocycles. The zero-order valence-electron chi connectivity index (χ0n) is 11.5. The first-order valence-corrected chi connectivity index (χ1v) is 8.05. The summed E-state index contributed by atoms with van der Waals surface area (Å²) in [7, 11) is 0. The molecule has 3 heteroatoms. The third-order valence-corrected chi connectivity index (χ3v) is 6.22. The van der Waals surface area contributed by atoms with Crippen molar-refractivity contribution in [1.82, 2.24) is 15.3 Å². The molecular weight excluding hydrogens is 234 g/mol. The highest BCUT2D eigenvalue weighted by molar-refractivity contribution is 5.19. The minimum atomic E-state index is 0.619. The molecule has 6 rings (SSSR count). The topological polar surface area (TPSA) is 40.7 Å². The van der Waals surface area contributed by atoms with E-state index in [4.69, 9.17) is 4.98 Å². The van der Waals surface area contributed by atoms with Crippen molar-refractivity contribution >= 4 is 0 Å². The molecule has 1 aromatic rings. The van der Waals surface area contributed by atoms with E-state index in [1.54, 1.807) is 0 Å². The van der Waals surface area contributed by atoms with Crippen molar-refractivity contribution in [1.29, 1.82) is 0 Å². The van der Waals surface area contributed by atoms with Crippen molar-refractivity contribution in [2.24, 2.45) is 23.2 Å². The summed E-state index contributed by atoms with van der Waals surface area (Å²) in [6, 6.07) is 0. The Balaban J connectivity index is 1.43. The van der Waals surface area contributed by atoms with Crippen LogP contribution in [0.15, 0.2) is 0 Å². The van der Waals surface area contributed by atoms with Gasteiger partial charge < -0.3 is 10.3 Å². The molecule has 0 aromatic carbocycles. The Labute approximate surface area is 114 Å². The largest absolute Gasteiger partial charge is 0.345 e. The number of nitrogens with zero attached hydrogens (tertiary/aromatic N) is 1. The van der Waals surface area contributed by atoms with Crippen molar-refractivity contribution in [2.45, 2.75) is 58.0 Å². The third-order valence-electron chi connectivity index (χ3n) is 6.22. The highest BCUT2D eigenvalue weighted by Gasteiger charge is 2.51. The first-order chi connectivity index (χ1) is 9.28. The first-order valence-electron chi connectivity index (χ1n) is 8.05. The van der Waals surface area contributed by atoms with Gasteiger partial charge in [-0.15, -0.1) is 0 Å². The third kappa shape index (κ3) is 1.63. The second-order valence-electron chi connectivity index (χ2n) is 7.81. The summed E-state index contributed by atoms with van der Waals surface area (Å²) in [6.45, 7) is 1.95. The Morgan fingerprint density at radius 3 is 2.32 bits per heavy atom. The number of hydrogen-bond acceptors (Lipinski definition) is 2. The molecule has 4 fully saturated rings.